The van der Waals surface area contributed by atoms with E-state index in [4.69, 9.17) is 0 Å². The molecule has 2 aliphatic heterocycles. The molecule has 0 bridgehead atoms. The number of likely N-dealkylation sites (N-methyl/N-ethyl adjacent to an activating group) is 1. The van der Waals surface area contributed by atoms with Gasteiger partial charge in [-0.15, -0.1) is 0 Å². The van der Waals surface area contributed by atoms with E-state index in [9.17, 15) is 14.4 Å². The van der Waals surface area contributed by atoms with E-state index in [0.29, 0.717) is 44.5 Å². The van der Waals surface area contributed by atoms with E-state index in [-0.39, 0.29) is 29.8 Å². The Morgan fingerprint density at radius 2 is 1.76 bits per heavy atom. The normalized spacial score (nSPS) is 24.3. The number of carbonyl (C=O) groups is 3. The number of nitrogens with one attached hydrogen (secondary N) is 1. The van der Waals surface area contributed by atoms with Crippen LogP contribution in [0.5, 0.6) is 0 Å². The molecule has 0 aromatic heterocycles. The fourth-order valence-corrected chi connectivity index (χ4v) is 5.30. The third kappa shape index (κ3) is 3.77. The Morgan fingerprint density at radius 3 is 2.38 bits per heavy atom. The summed E-state index contributed by atoms with van der Waals surface area (Å²) in [5, 5.41) is 3.18. The highest BCUT2D eigenvalue weighted by Gasteiger charge is 2.54. The van der Waals surface area contributed by atoms with Crippen molar-refractivity contribution in [2.24, 2.45) is 5.41 Å². The molecule has 3 fully saturated rings. The molecular weight excluding hydrogens is 366 g/mol. The molecule has 3 aliphatic rings. The highest BCUT2D eigenvalue weighted by Crippen LogP contribution is 2.44. The number of hydrogen-bond donors (Lipinski definition) is 1. The van der Waals surface area contributed by atoms with E-state index in [1.165, 1.54) is 12.8 Å². The molecule has 0 radical (unpaired) electrons. The second kappa shape index (κ2) is 8.17. The maximum atomic E-state index is 13.3. The molecule has 1 aromatic rings. The van der Waals surface area contributed by atoms with E-state index < -0.39 is 5.41 Å². The predicted octanol–water partition coefficient (Wildman–Crippen LogP) is 2.59. The quantitative estimate of drug-likeness (QED) is 0.849. The highest BCUT2D eigenvalue weighted by molar-refractivity contribution is 5.96. The molecule has 1 aliphatic carbocycles. The lowest BCUT2D eigenvalue weighted by molar-refractivity contribution is -0.141. The van der Waals surface area contributed by atoms with E-state index in [1.807, 2.05) is 42.2 Å². The van der Waals surface area contributed by atoms with Gasteiger partial charge in [-0.05, 0) is 51.2 Å². The van der Waals surface area contributed by atoms with Gasteiger partial charge in [0.05, 0.1) is 5.41 Å². The van der Waals surface area contributed by atoms with Crippen LogP contribution in [0.4, 0.5) is 0 Å². The minimum absolute atomic E-state index is 0.00627. The van der Waals surface area contributed by atoms with E-state index >= 15 is 0 Å². The molecule has 1 N–H and O–H groups in total. The molecule has 2 heterocycles. The average Bonchev–Trinajstić information content (AvgIpc) is 3.35. The summed E-state index contributed by atoms with van der Waals surface area (Å²) in [5.74, 6) is 0.124. The van der Waals surface area contributed by atoms with Gasteiger partial charge in [0.2, 0.25) is 11.8 Å². The number of amides is 3. The van der Waals surface area contributed by atoms with Crippen LogP contribution in [0.2, 0.25) is 0 Å². The first-order valence-electron chi connectivity index (χ1n) is 11.0. The highest BCUT2D eigenvalue weighted by atomic mass is 16.2. The lowest BCUT2D eigenvalue weighted by Gasteiger charge is -2.37. The third-order valence-corrected chi connectivity index (χ3v) is 7.05. The molecule has 1 atom stereocenters. The average molecular weight is 398 g/mol. The number of carbonyl (C=O) groups excluding carboxylic acids is 3. The van der Waals surface area contributed by atoms with Crippen molar-refractivity contribution in [2.45, 2.75) is 64.0 Å². The maximum Gasteiger partial charge on any atom is 0.253 e. The van der Waals surface area contributed by atoms with Crippen molar-refractivity contribution in [1.82, 2.24) is 15.1 Å². The minimum atomic E-state index is -0.499. The first-order valence-corrected chi connectivity index (χ1v) is 11.0. The molecule has 3 amide bonds. The number of hydrogen-bond acceptors (Lipinski definition) is 3. The summed E-state index contributed by atoms with van der Waals surface area (Å²) in [6, 6.07) is 9.18. The second-order valence-corrected chi connectivity index (χ2v) is 8.74. The van der Waals surface area contributed by atoms with Crippen LogP contribution in [0.1, 0.15) is 62.2 Å². The standard InChI is InChI=1S/C23H31N3O3/c1-2-26-19(20(27)24-18-10-6-7-11-18)16-23(22(26)29)12-14-25(15-13-23)21(28)17-8-4-3-5-9-17/h3-5,8-9,18-19H,2,6-7,10-16H2,1H3,(H,24,27). The van der Waals surface area contributed by atoms with E-state index in [1.54, 1.807) is 4.90 Å². The zero-order chi connectivity index (χ0) is 20.4. The van der Waals surface area contributed by atoms with Crippen molar-refractivity contribution in [2.75, 3.05) is 19.6 Å². The predicted molar refractivity (Wildman–Crippen MR) is 110 cm³/mol. The Morgan fingerprint density at radius 1 is 1.10 bits per heavy atom. The molecule has 6 nitrogen and oxygen atoms in total. The lowest BCUT2D eigenvalue weighted by atomic mass is 9.75. The summed E-state index contributed by atoms with van der Waals surface area (Å²) in [6.45, 7) is 3.62. The van der Waals surface area contributed by atoms with Gasteiger partial charge in [0.1, 0.15) is 6.04 Å². The van der Waals surface area contributed by atoms with Crippen molar-refractivity contribution in [1.29, 1.82) is 0 Å². The molecule has 29 heavy (non-hydrogen) atoms. The van der Waals surface area contributed by atoms with Crippen LogP contribution in [0, 0.1) is 5.41 Å². The maximum absolute atomic E-state index is 13.3. The number of rotatable bonds is 4. The summed E-state index contributed by atoms with van der Waals surface area (Å²) in [4.78, 5) is 42.5. The van der Waals surface area contributed by atoms with Gasteiger partial charge >= 0.3 is 0 Å². The van der Waals surface area contributed by atoms with Gasteiger partial charge < -0.3 is 15.1 Å². The first-order chi connectivity index (χ1) is 14.0. The van der Waals surface area contributed by atoms with Crippen molar-refractivity contribution < 1.29 is 14.4 Å². The van der Waals surface area contributed by atoms with Gasteiger partial charge in [-0.2, -0.15) is 0 Å². The third-order valence-electron chi connectivity index (χ3n) is 7.05. The smallest absolute Gasteiger partial charge is 0.253 e. The SMILES string of the molecule is CCN1C(=O)C2(CCN(C(=O)c3ccccc3)CC2)CC1C(=O)NC1CCCC1. The molecule has 1 spiro atoms. The molecule has 156 valence electrons. The van der Waals surface area contributed by atoms with Crippen LogP contribution in [-0.4, -0.2) is 59.2 Å². The monoisotopic (exact) mass is 397 g/mol. The number of nitrogens with zero attached hydrogens (tertiary/aromatic N) is 2. The zero-order valence-electron chi connectivity index (χ0n) is 17.2. The Bertz CT molecular complexity index is 765. The van der Waals surface area contributed by atoms with Gasteiger partial charge in [0.25, 0.3) is 5.91 Å². The molecule has 1 saturated carbocycles. The summed E-state index contributed by atoms with van der Waals surface area (Å²) in [6.07, 6.45) is 6.26. The summed E-state index contributed by atoms with van der Waals surface area (Å²) < 4.78 is 0. The van der Waals surface area contributed by atoms with Crippen molar-refractivity contribution in [3.63, 3.8) is 0 Å². The van der Waals surface area contributed by atoms with Crippen molar-refractivity contribution >= 4 is 17.7 Å². The minimum Gasteiger partial charge on any atom is -0.352 e. The summed E-state index contributed by atoms with van der Waals surface area (Å²) in [5.41, 5.74) is 0.187. The van der Waals surface area contributed by atoms with Crippen LogP contribution in [0.15, 0.2) is 30.3 Å². The summed E-state index contributed by atoms with van der Waals surface area (Å²) >= 11 is 0. The zero-order valence-corrected chi connectivity index (χ0v) is 17.2. The second-order valence-electron chi connectivity index (χ2n) is 8.74. The van der Waals surface area contributed by atoms with E-state index in [2.05, 4.69) is 5.32 Å². The Balaban J connectivity index is 1.42. The van der Waals surface area contributed by atoms with Crippen LogP contribution < -0.4 is 5.32 Å². The molecule has 2 saturated heterocycles. The van der Waals surface area contributed by atoms with Gasteiger partial charge in [-0.3, -0.25) is 14.4 Å². The number of likely N-dealkylation sites (tertiary alicyclic amines) is 2. The van der Waals surface area contributed by atoms with Gasteiger partial charge in [0, 0.05) is 31.2 Å². The Labute approximate surface area is 172 Å². The number of benzene rings is 1. The fourth-order valence-electron chi connectivity index (χ4n) is 5.30. The topological polar surface area (TPSA) is 69.7 Å². The lowest BCUT2D eigenvalue weighted by Crippen LogP contribution is -2.48. The molecule has 1 unspecified atom stereocenters. The number of piperidine rings is 1. The van der Waals surface area contributed by atoms with Crippen LogP contribution in [0.3, 0.4) is 0 Å². The van der Waals surface area contributed by atoms with Gasteiger partial charge in [-0.25, -0.2) is 0 Å². The molecule has 4 rings (SSSR count). The Hall–Kier alpha value is -2.37. The van der Waals surface area contributed by atoms with Crippen LogP contribution >= 0.6 is 0 Å². The first kappa shape index (κ1) is 19.9. The van der Waals surface area contributed by atoms with Crippen LogP contribution in [-0.2, 0) is 9.59 Å². The van der Waals surface area contributed by atoms with Crippen LogP contribution in [0.25, 0.3) is 0 Å². The molecule has 6 heteroatoms. The van der Waals surface area contributed by atoms with Gasteiger partial charge in [-0.1, -0.05) is 31.0 Å². The fraction of sp³-hybridized carbons (Fsp3) is 0.609. The van der Waals surface area contributed by atoms with Gasteiger partial charge in [0.15, 0.2) is 0 Å². The van der Waals surface area contributed by atoms with Crippen molar-refractivity contribution in [3.8, 4) is 0 Å². The summed E-state index contributed by atoms with van der Waals surface area (Å²) in [7, 11) is 0. The largest absolute Gasteiger partial charge is 0.352 e. The van der Waals surface area contributed by atoms with Crippen molar-refractivity contribution in [3.05, 3.63) is 35.9 Å². The molecule has 1 aromatic carbocycles. The van der Waals surface area contributed by atoms with E-state index in [0.717, 1.165) is 12.8 Å². The Kier molecular flexibility index (Phi) is 5.61. The molecular formula is C23H31N3O3.